The predicted octanol–water partition coefficient (Wildman–Crippen LogP) is 6.07. The summed E-state index contributed by atoms with van der Waals surface area (Å²) in [4.78, 5) is 2.69. The first-order chi connectivity index (χ1) is 15.7. The number of benzene rings is 3. The van der Waals surface area contributed by atoms with Crippen LogP contribution in [0.3, 0.4) is 0 Å². The van der Waals surface area contributed by atoms with E-state index in [9.17, 15) is 0 Å². The van der Waals surface area contributed by atoms with Gasteiger partial charge in [-0.15, -0.1) is 0 Å². The lowest BCUT2D eigenvalue weighted by atomic mass is 9.86. The number of nitrogen functional groups attached to an aromatic ring is 1. The van der Waals surface area contributed by atoms with Gasteiger partial charge in [0.2, 0.25) is 0 Å². The van der Waals surface area contributed by atoms with Gasteiger partial charge in [-0.05, 0) is 82.7 Å². The molecule has 1 atom stereocenters. The van der Waals surface area contributed by atoms with E-state index in [-0.39, 0.29) is 0 Å². The fourth-order valence-electron chi connectivity index (χ4n) is 5.92. The molecule has 3 aromatic rings. The monoisotopic (exact) mass is 418 g/mol. The van der Waals surface area contributed by atoms with Crippen LogP contribution in [0.2, 0.25) is 0 Å². The van der Waals surface area contributed by atoms with Crippen molar-refractivity contribution in [2.45, 2.75) is 25.7 Å². The van der Waals surface area contributed by atoms with Crippen molar-refractivity contribution in [1.82, 2.24) is 4.90 Å². The van der Waals surface area contributed by atoms with E-state index in [1.165, 1.54) is 58.3 Å². The summed E-state index contributed by atoms with van der Waals surface area (Å²) in [5.41, 5.74) is 18.4. The van der Waals surface area contributed by atoms with Crippen molar-refractivity contribution in [2.24, 2.45) is 5.92 Å². The van der Waals surface area contributed by atoms with Crippen LogP contribution in [-0.4, -0.2) is 24.5 Å². The van der Waals surface area contributed by atoms with E-state index in [1.54, 1.807) is 5.57 Å². The molecule has 0 amide bonds. The van der Waals surface area contributed by atoms with Crippen LogP contribution in [0, 0.1) is 5.92 Å². The molecule has 0 radical (unpaired) electrons. The van der Waals surface area contributed by atoms with Crippen LogP contribution in [0.4, 0.5) is 5.69 Å². The number of piperidine rings is 1. The summed E-state index contributed by atoms with van der Waals surface area (Å²) in [5.74, 6) is 0.726. The Labute approximate surface area is 191 Å². The van der Waals surface area contributed by atoms with Crippen molar-refractivity contribution in [3.05, 3.63) is 106 Å². The molecule has 2 N–H and O–H groups in total. The minimum absolute atomic E-state index is 0.726. The number of likely N-dealkylation sites (tertiary alicyclic amines) is 1. The second kappa shape index (κ2) is 8.11. The third-order valence-corrected chi connectivity index (χ3v) is 7.48. The summed E-state index contributed by atoms with van der Waals surface area (Å²) in [7, 11) is 0. The van der Waals surface area contributed by atoms with Gasteiger partial charge in [0.25, 0.3) is 0 Å². The molecule has 0 saturated carbocycles. The van der Waals surface area contributed by atoms with Crippen molar-refractivity contribution in [1.29, 1.82) is 0 Å². The van der Waals surface area contributed by atoms with Crippen LogP contribution in [0.1, 0.15) is 46.2 Å². The van der Waals surface area contributed by atoms with Crippen LogP contribution in [0.15, 0.2) is 72.3 Å². The Bertz CT molecular complexity index is 1170. The van der Waals surface area contributed by atoms with E-state index in [0.29, 0.717) is 0 Å². The molecular weight excluding hydrogens is 388 g/mol. The van der Waals surface area contributed by atoms with Gasteiger partial charge in [0.1, 0.15) is 0 Å². The van der Waals surface area contributed by atoms with E-state index in [1.807, 2.05) is 0 Å². The highest BCUT2D eigenvalue weighted by molar-refractivity contribution is 5.94. The van der Waals surface area contributed by atoms with Gasteiger partial charge in [-0.3, -0.25) is 0 Å². The summed E-state index contributed by atoms with van der Waals surface area (Å²) >= 11 is 0. The Morgan fingerprint density at radius 1 is 0.750 bits per heavy atom. The Kier molecular flexibility index (Phi) is 4.96. The molecule has 0 spiro atoms. The standard InChI is InChI=1S/C30H30N2/c31-27-12-11-25-17-21(18-26(25)19-27)20-32-15-13-24(14-16-32)30-28-7-3-1-5-22(28)9-10-23-6-2-4-8-29(23)30/h1-12,19,21H,13-18,20,31H2. The molecule has 6 rings (SSSR count). The van der Waals surface area contributed by atoms with Crippen LogP contribution < -0.4 is 5.73 Å². The number of hydrogen-bond donors (Lipinski definition) is 1. The zero-order valence-corrected chi connectivity index (χ0v) is 18.6. The fraction of sp³-hybridized carbons (Fsp3) is 0.267. The number of rotatable bonds is 2. The van der Waals surface area contributed by atoms with Crippen LogP contribution in [0.5, 0.6) is 0 Å². The minimum Gasteiger partial charge on any atom is -0.399 e. The number of nitrogens with two attached hydrogens (primary N) is 1. The highest BCUT2D eigenvalue weighted by Gasteiger charge is 2.27. The largest absolute Gasteiger partial charge is 0.399 e. The van der Waals surface area contributed by atoms with Crippen molar-refractivity contribution >= 4 is 23.4 Å². The Hall–Kier alpha value is -3.10. The molecule has 3 aromatic carbocycles. The quantitative estimate of drug-likeness (QED) is 0.401. The van der Waals surface area contributed by atoms with Gasteiger partial charge in [-0.2, -0.15) is 0 Å². The normalized spacial score (nSPS) is 19.9. The molecule has 3 aliphatic rings. The maximum Gasteiger partial charge on any atom is 0.0316 e. The number of nitrogens with zero attached hydrogens (tertiary/aromatic N) is 1. The molecular formula is C30H30N2. The molecule has 1 unspecified atom stereocenters. The number of anilines is 1. The molecule has 160 valence electrons. The lowest BCUT2D eigenvalue weighted by Gasteiger charge is -2.32. The van der Waals surface area contributed by atoms with Gasteiger partial charge in [0.05, 0.1) is 0 Å². The van der Waals surface area contributed by atoms with Gasteiger partial charge in [-0.1, -0.05) is 72.3 Å². The first-order valence-electron chi connectivity index (χ1n) is 11.9. The summed E-state index contributed by atoms with van der Waals surface area (Å²) in [6.07, 6.45) is 9.25. The zero-order chi connectivity index (χ0) is 21.5. The topological polar surface area (TPSA) is 29.3 Å². The molecule has 1 heterocycles. The molecule has 32 heavy (non-hydrogen) atoms. The first-order valence-corrected chi connectivity index (χ1v) is 11.9. The second-order valence-corrected chi connectivity index (χ2v) is 9.59. The molecule has 1 saturated heterocycles. The zero-order valence-electron chi connectivity index (χ0n) is 18.6. The van der Waals surface area contributed by atoms with Crippen LogP contribution >= 0.6 is 0 Å². The Balaban J connectivity index is 1.23. The van der Waals surface area contributed by atoms with Gasteiger partial charge < -0.3 is 10.6 Å². The van der Waals surface area contributed by atoms with Crippen molar-refractivity contribution in [2.75, 3.05) is 25.4 Å². The molecule has 2 aliphatic carbocycles. The van der Waals surface area contributed by atoms with Gasteiger partial charge in [0, 0.05) is 25.3 Å². The molecule has 2 heteroatoms. The highest BCUT2D eigenvalue weighted by atomic mass is 15.1. The Morgan fingerprint density at radius 2 is 1.38 bits per heavy atom. The van der Waals surface area contributed by atoms with Crippen LogP contribution in [-0.2, 0) is 12.8 Å². The highest BCUT2D eigenvalue weighted by Crippen LogP contribution is 2.39. The van der Waals surface area contributed by atoms with Crippen molar-refractivity contribution in [3.8, 4) is 0 Å². The van der Waals surface area contributed by atoms with Gasteiger partial charge in [-0.25, -0.2) is 0 Å². The first kappa shape index (κ1) is 19.6. The maximum absolute atomic E-state index is 6.01. The SMILES string of the molecule is Nc1ccc2c(c1)CC(CN1CCC(=C3c4ccccc4C=Cc4ccccc43)CC1)C2. The van der Waals surface area contributed by atoms with E-state index < -0.39 is 0 Å². The van der Waals surface area contributed by atoms with E-state index in [4.69, 9.17) is 5.73 Å². The molecule has 0 bridgehead atoms. The lowest BCUT2D eigenvalue weighted by molar-refractivity contribution is 0.220. The molecule has 0 aromatic heterocycles. The third-order valence-electron chi connectivity index (χ3n) is 7.48. The van der Waals surface area contributed by atoms with Crippen molar-refractivity contribution < 1.29 is 0 Å². The van der Waals surface area contributed by atoms with E-state index >= 15 is 0 Å². The summed E-state index contributed by atoms with van der Waals surface area (Å²) in [6, 6.07) is 24.2. The number of fused-ring (bicyclic) bond motifs is 3. The summed E-state index contributed by atoms with van der Waals surface area (Å²) in [6.45, 7) is 3.52. The van der Waals surface area contributed by atoms with E-state index in [0.717, 1.165) is 37.5 Å². The third kappa shape index (κ3) is 3.59. The summed E-state index contributed by atoms with van der Waals surface area (Å²) in [5, 5.41) is 0. The van der Waals surface area contributed by atoms with Crippen LogP contribution in [0.25, 0.3) is 17.7 Å². The summed E-state index contributed by atoms with van der Waals surface area (Å²) < 4.78 is 0. The average Bonchev–Trinajstić information content (AvgIpc) is 3.13. The minimum atomic E-state index is 0.726. The number of hydrogen-bond acceptors (Lipinski definition) is 2. The van der Waals surface area contributed by atoms with Crippen molar-refractivity contribution in [3.63, 3.8) is 0 Å². The molecule has 2 nitrogen and oxygen atoms in total. The maximum atomic E-state index is 6.01. The van der Waals surface area contributed by atoms with Gasteiger partial charge in [0.15, 0.2) is 0 Å². The van der Waals surface area contributed by atoms with Gasteiger partial charge >= 0.3 is 0 Å². The Morgan fingerprint density at radius 3 is 2.06 bits per heavy atom. The van der Waals surface area contributed by atoms with E-state index in [2.05, 4.69) is 83.8 Å². The lowest BCUT2D eigenvalue weighted by Crippen LogP contribution is -2.35. The fourth-order valence-corrected chi connectivity index (χ4v) is 5.92. The molecule has 1 aliphatic heterocycles. The second-order valence-electron chi connectivity index (χ2n) is 9.59. The average molecular weight is 419 g/mol. The smallest absolute Gasteiger partial charge is 0.0316 e. The molecule has 1 fully saturated rings. The predicted molar refractivity (Wildman–Crippen MR) is 135 cm³/mol.